The number of ether oxygens (including phenoxy) is 2. The van der Waals surface area contributed by atoms with E-state index in [2.05, 4.69) is 17.9 Å². The summed E-state index contributed by atoms with van der Waals surface area (Å²) < 4.78 is 11.6. The first kappa shape index (κ1) is 10.9. The Morgan fingerprint density at radius 3 is 3.20 bits per heavy atom. The Morgan fingerprint density at radius 2 is 2.40 bits per heavy atom. The van der Waals surface area contributed by atoms with Crippen LogP contribution in [0.15, 0.2) is 0 Å². The molecule has 15 heavy (non-hydrogen) atoms. The van der Waals surface area contributed by atoms with Gasteiger partial charge in [-0.3, -0.25) is 0 Å². The molecule has 0 bridgehead atoms. The summed E-state index contributed by atoms with van der Waals surface area (Å²) in [5.41, 5.74) is 0. The van der Waals surface area contributed by atoms with Gasteiger partial charge in [-0.2, -0.15) is 5.26 Å². The average molecular weight is 210 g/mol. The van der Waals surface area contributed by atoms with Gasteiger partial charge in [0.1, 0.15) is 0 Å². The predicted molar refractivity (Wildman–Crippen MR) is 54.9 cm³/mol. The van der Waals surface area contributed by atoms with Crippen LogP contribution in [-0.4, -0.2) is 36.6 Å². The number of nitrogens with zero attached hydrogens (tertiary/aromatic N) is 2. The largest absolute Gasteiger partial charge is 0.336 e. The molecule has 0 amide bonds. The summed E-state index contributed by atoms with van der Waals surface area (Å²) in [7, 11) is 0. The minimum absolute atomic E-state index is 0.265. The van der Waals surface area contributed by atoms with E-state index in [1.807, 2.05) is 0 Å². The molecular weight excluding hydrogens is 192 g/mol. The maximum absolute atomic E-state index is 8.46. The van der Waals surface area contributed by atoms with E-state index >= 15 is 0 Å². The standard InChI is InChI=1S/C11H18N2O2/c1-10-9-13-7-8-14-11(13,15-10)5-3-2-4-6-12/h10H,2-5,7-9H2,1H3. The molecule has 0 aromatic heterocycles. The van der Waals surface area contributed by atoms with Gasteiger partial charge >= 0.3 is 0 Å². The van der Waals surface area contributed by atoms with E-state index in [1.54, 1.807) is 0 Å². The van der Waals surface area contributed by atoms with Crippen LogP contribution in [0.5, 0.6) is 0 Å². The van der Waals surface area contributed by atoms with Crippen molar-refractivity contribution in [1.82, 2.24) is 4.90 Å². The number of hydrogen-bond donors (Lipinski definition) is 0. The molecule has 2 heterocycles. The second-order valence-electron chi connectivity index (χ2n) is 4.30. The summed E-state index contributed by atoms with van der Waals surface area (Å²) in [6, 6.07) is 2.16. The van der Waals surface area contributed by atoms with Gasteiger partial charge < -0.3 is 9.47 Å². The molecule has 0 aromatic rings. The number of fused-ring (bicyclic) bond motifs is 1. The zero-order valence-electron chi connectivity index (χ0n) is 9.24. The molecule has 2 rings (SSSR count). The smallest absolute Gasteiger partial charge is 0.230 e. The van der Waals surface area contributed by atoms with E-state index in [0.29, 0.717) is 6.42 Å². The second-order valence-corrected chi connectivity index (χ2v) is 4.30. The maximum Gasteiger partial charge on any atom is 0.230 e. The SMILES string of the molecule is CC1CN2CCOC2(CCCCC#N)O1. The molecule has 2 aliphatic heterocycles. The molecule has 2 atom stereocenters. The van der Waals surface area contributed by atoms with Gasteiger partial charge in [0.15, 0.2) is 0 Å². The fourth-order valence-corrected chi connectivity index (χ4v) is 2.42. The molecule has 0 N–H and O–H groups in total. The monoisotopic (exact) mass is 210 g/mol. The summed E-state index contributed by atoms with van der Waals surface area (Å²) in [4.78, 5) is 2.28. The molecule has 0 aromatic carbocycles. The zero-order valence-corrected chi connectivity index (χ0v) is 9.24. The molecule has 4 heteroatoms. The first-order valence-corrected chi connectivity index (χ1v) is 5.71. The highest BCUT2D eigenvalue weighted by molar-refractivity contribution is 4.86. The Morgan fingerprint density at radius 1 is 1.53 bits per heavy atom. The fraction of sp³-hybridized carbons (Fsp3) is 0.909. The Bertz CT molecular complexity index is 264. The third kappa shape index (κ3) is 2.15. The molecule has 4 nitrogen and oxygen atoms in total. The minimum Gasteiger partial charge on any atom is -0.336 e. The molecule has 0 aliphatic carbocycles. The highest BCUT2D eigenvalue weighted by Gasteiger charge is 2.49. The van der Waals surface area contributed by atoms with Crippen molar-refractivity contribution in [3.63, 3.8) is 0 Å². The van der Waals surface area contributed by atoms with Crippen molar-refractivity contribution in [3.05, 3.63) is 0 Å². The predicted octanol–water partition coefficient (Wildman–Crippen LogP) is 1.48. The van der Waals surface area contributed by atoms with Crippen LogP contribution in [0.4, 0.5) is 0 Å². The molecular formula is C11H18N2O2. The molecule has 2 saturated heterocycles. The van der Waals surface area contributed by atoms with Crippen molar-refractivity contribution in [3.8, 4) is 6.07 Å². The average Bonchev–Trinajstić information content (AvgIpc) is 2.68. The van der Waals surface area contributed by atoms with E-state index < -0.39 is 5.91 Å². The van der Waals surface area contributed by atoms with Crippen molar-refractivity contribution in [2.75, 3.05) is 19.7 Å². The van der Waals surface area contributed by atoms with E-state index in [0.717, 1.165) is 39.0 Å². The van der Waals surface area contributed by atoms with Gasteiger partial charge in [0.05, 0.1) is 18.8 Å². The van der Waals surface area contributed by atoms with Gasteiger partial charge in [-0.1, -0.05) is 0 Å². The lowest BCUT2D eigenvalue weighted by atomic mass is 10.1. The van der Waals surface area contributed by atoms with E-state index in [1.165, 1.54) is 0 Å². The Balaban J connectivity index is 1.85. The van der Waals surface area contributed by atoms with Gasteiger partial charge in [0.25, 0.3) is 0 Å². The van der Waals surface area contributed by atoms with Crippen LogP contribution < -0.4 is 0 Å². The van der Waals surface area contributed by atoms with Crippen LogP contribution in [0.1, 0.15) is 32.6 Å². The Hall–Kier alpha value is -0.630. The third-order valence-corrected chi connectivity index (χ3v) is 3.06. The highest BCUT2D eigenvalue weighted by Crippen LogP contribution is 2.36. The van der Waals surface area contributed by atoms with Crippen molar-refractivity contribution in [2.24, 2.45) is 0 Å². The molecule has 0 radical (unpaired) electrons. The number of rotatable bonds is 4. The summed E-state index contributed by atoms with van der Waals surface area (Å²) >= 11 is 0. The van der Waals surface area contributed by atoms with Crippen molar-refractivity contribution in [1.29, 1.82) is 5.26 Å². The summed E-state index contributed by atoms with van der Waals surface area (Å²) in [5.74, 6) is -0.450. The molecule has 0 saturated carbocycles. The summed E-state index contributed by atoms with van der Waals surface area (Å²) in [6.45, 7) is 4.80. The lowest BCUT2D eigenvalue weighted by molar-refractivity contribution is -0.247. The topological polar surface area (TPSA) is 45.5 Å². The van der Waals surface area contributed by atoms with Gasteiger partial charge in [-0.25, -0.2) is 4.90 Å². The minimum atomic E-state index is -0.450. The molecule has 2 fully saturated rings. The maximum atomic E-state index is 8.46. The highest BCUT2D eigenvalue weighted by atomic mass is 16.7. The first-order valence-electron chi connectivity index (χ1n) is 5.71. The number of unbranched alkanes of at least 4 members (excludes halogenated alkanes) is 2. The number of nitriles is 1. The summed E-state index contributed by atoms with van der Waals surface area (Å²) in [5, 5.41) is 8.46. The van der Waals surface area contributed by atoms with Crippen molar-refractivity contribution >= 4 is 0 Å². The fourth-order valence-electron chi connectivity index (χ4n) is 2.42. The van der Waals surface area contributed by atoms with Crippen molar-refractivity contribution in [2.45, 2.75) is 44.6 Å². The van der Waals surface area contributed by atoms with E-state index in [-0.39, 0.29) is 6.10 Å². The normalized spacial score (nSPS) is 35.3. The van der Waals surface area contributed by atoms with Crippen LogP contribution in [0, 0.1) is 11.3 Å². The van der Waals surface area contributed by atoms with Gasteiger partial charge in [-0.05, 0) is 19.8 Å². The van der Waals surface area contributed by atoms with E-state index in [4.69, 9.17) is 14.7 Å². The Kier molecular flexibility index (Phi) is 3.25. The Labute approximate surface area is 90.8 Å². The van der Waals surface area contributed by atoms with Gasteiger partial charge in [0.2, 0.25) is 5.91 Å². The van der Waals surface area contributed by atoms with Crippen LogP contribution in [-0.2, 0) is 9.47 Å². The lowest BCUT2D eigenvalue weighted by Gasteiger charge is -2.28. The van der Waals surface area contributed by atoms with Gasteiger partial charge in [-0.15, -0.1) is 0 Å². The van der Waals surface area contributed by atoms with Crippen LogP contribution >= 0.6 is 0 Å². The second kappa shape index (κ2) is 4.48. The van der Waals surface area contributed by atoms with Crippen LogP contribution in [0.3, 0.4) is 0 Å². The molecule has 84 valence electrons. The van der Waals surface area contributed by atoms with Crippen LogP contribution in [0.25, 0.3) is 0 Å². The first-order chi connectivity index (χ1) is 7.27. The zero-order chi connectivity index (χ0) is 10.7. The quantitative estimate of drug-likeness (QED) is 0.659. The molecule has 2 aliphatic rings. The van der Waals surface area contributed by atoms with Gasteiger partial charge in [0, 0.05) is 25.9 Å². The molecule has 2 unspecified atom stereocenters. The third-order valence-electron chi connectivity index (χ3n) is 3.06. The summed E-state index contributed by atoms with van der Waals surface area (Å²) in [6.07, 6.45) is 3.72. The van der Waals surface area contributed by atoms with Crippen LogP contribution in [0.2, 0.25) is 0 Å². The van der Waals surface area contributed by atoms with Crippen molar-refractivity contribution < 1.29 is 9.47 Å². The number of hydrogen-bond acceptors (Lipinski definition) is 4. The lowest BCUT2D eigenvalue weighted by Crippen LogP contribution is -2.40. The molecule has 0 spiro atoms. The van der Waals surface area contributed by atoms with E-state index in [9.17, 15) is 0 Å².